The summed E-state index contributed by atoms with van der Waals surface area (Å²) in [4.78, 5) is 27.5. The fourth-order valence-electron chi connectivity index (χ4n) is 3.05. The van der Waals surface area contributed by atoms with E-state index in [1.165, 1.54) is 17.7 Å². The summed E-state index contributed by atoms with van der Waals surface area (Å²) in [7, 11) is 2.06. The van der Waals surface area contributed by atoms with Gasteiger partial charge in [0.2, 0.25) is 0 Å². The van der Waals surface area contributed by atoms with E-state index in [1.807, 2.05) is 6.92 Å². The molecular formula is C14H25N3O3. The summed E-state index contributed by atoms with van der Waals surface area (Å²) in [6.45, 7) is 3.75. The summed E-state index contributed by atoms with van der Waals surface area (Å²) in [5, 5.41) is 12.3. The zero-order chi connectivity index (χ0) is 14.8. The number of carbonyl (C=O) groups excluding carboxylic acids is 1. The van der Waals surface area contributed by atoms with Crippen LogP contribution in [0.5, 0.6) is 0 Å². The molecule has 20 heavy (non-hydrogen) atoms. The van der Waals surface area contributed by atoms with Gasteiger partial charge in [-0.1, -0.05) is 6.92 Å². The van der Waals surface area contributed by atoms with Gasteiger partial charge in [0.05, 0.1) is 0 Å². The molecule has 1 saturated heterocycles. The summed E-state index contributed by atoms with van der Waals surface area (Å²) in [6.07, 6.45) is 4.25. The lowest BCUT2D eigenvalue weighted by Gasteiger charge is -2.34. The molecule has 114 valence electrons. The van der Waals surface area contributed by atoms with E-state index in [9.17, 15) is 14.7 Å². The van der Waals surface area contributed by atoms with Crippen LogP contribution in [0.25, 0.3) is 0 Å². The third-order valence-corrected chi connectivity index (χ3v) is 4.63. The molecule has 2 amide bonds. The van der Waals surface area contributed by atoms with E-state index in [4.69, 9.17) is 0 Å². The lowest BCUT2D eigenvalue weighted by atomic mass is 9.93. The number of urea groups is 1. The average Bonchev–Trinajstić information content (AvgIpc) is 3.17. The number of carbonyl (C=O) groups is 2. The van der Waals surface area contributed by atoms with Crippen molar-refractivity contribution in [1.29, 1.82) is 0 Å². The number of likely N-dealkylation sites (N-methyl/N-ethyl adjacent to an activating group) is 1. The average molecular weight is 283 g/mol. The van der Waals surface area contributed by atoms with Crippen LogP contribution in [0.15, 0.2) is 0 Å². The fourth-order valence-corrected chi connectivity index (χ4v) is 3.05. The van der Waals surface area contributed by atoms with E-state index in [2.05, 4.69) is 17.3 Å². The van der Waals surface area contributed by atoms with Gasteiger partial charge in [-0.15, -0.1) is 0 Å². The smallest absolute Gasteiger partial charge is 0.329 e. The molecule has 1 saturated carbocycles. The maximum atomic E-state index is 12.2. The number of carboxylic acids is 1. The highest BCUT2D eigenvalue weighted by Gasteiger charge is 2.48. The Hall–Kier alpha value is -1.30. The second kappa shape index (κ2) is 5.99. The summed E-state index contributed by atoms with van der Waals surface area (Å²) in [5.41, 5.74) is -1.01. The Morgan fingerprint density at radius 1 is 1.45 bits per heavy atom. The topological polar surface area (TPSA) is 72.9 Å². The molecule has 1 heterocycles. The largest absolute Gasteiger partial charge is 0.479 e. The van der Waals surface area contributed by atoms with Gasteiger partial charge in [-0.25, -0.2) is 9.59 Å². The highest BCUT2D eigenvalue weighted by atomic mass is 16.4. The van der Waals surface area contributed by atoms with Crippen LogP contribution in [0, 0.1) is 0 Å². The van der Waals surface area contributed by atoms with E-state index in [0.717, 1.165) is 13.0 Å². The van der Waals surface area contributed by atoms with Crippen molar-refractivity contribution in [2.75, 3.05) is 26.7 Å². The molecular weight excluding hydrogens is 258 g/mol. The third-order valence-electron chi connectivity index (χ3n) is 4.63. The first kappa shape index (κ1) is 15.1. The monoisotopic (exact) mass is 283 g/mol. The van der Waals surface area contributed by atoms with Gasteiger partial charge in [0.25, 0.3) is 0 Å². The number of amides is 2. The van der Waals surface area contributed by atoms with Crippen LogP contribution in [0.2, 0.25) is 0 Å². The number of likely N-dealkylation sites (tertiary alicyclic amines) is 1. The fraction of sp³-hybridized carbons (Fsp3) is 0.857. The minimum Gasteiger partial charge on any atom is -0.479 e. The second-order valence-electron chi connectivity index (χ2n) is 5.89. The number of carboxylic acid groups (broad SMARTS) is 1. The first-order valence-electron chi connectivity index (χ1n) is 7.50. The molecule has 2 aliphatic rings. The van der Waals surface area contributed by atoms with Crippen molar-refractivity contribution < 1.29 is 14.7 Å². The van der Waals surface area contributed by atoms with Crippen molar-refractivity contribution in [3.05, 3.63) is 0 Å². The Balaban J connectivity index is 1.85. The van der Waals surface area contributed by atoms with Crippen LogP contribution in [0.3, 0.4) is 0 Å². The standard InChI is InChI=1S/C14H25N3O3/c1-3-14(12(18)19)7-4-9-17(14)13(20)15-8-10-16(2)11-5-6-11/h11H,3-10H2,1-2H3,(H,15,20)(H,18,19). The van der Waals surface area contributed by atoms with Crippen molar-refractivity contribution in [2.45, 2.75) is 50.6 Å². The molecule has 0 aromatic carbocycles. The highest BCUT2D eigenvalue weighted by Crippen LogP contribution is 2.32. The zero-order valence-electron chi connectivity index (χ0n) is 12.4. The molecule has 6 heteroatoms. The number of aliphatic carboxylic acids is 1. The predicted octanol–water partition coefficient (Wildman–Crippen LogP) is 1.12. The number of nitrogens with zero attached hydrogens (tertiary/aromatic N) is 2. The maximum Gasteiger partial charge on any atom is 0.329 e. The van der Waals surface area contributed by atoms with Crippen LogP contribution >= 0.6 is 0 Å². The summed E-state index contributed by atoms with van der Waals surface area (Å²) in [6, 6.07) is 0.434. The molecule has 0 spiro atoms. The van der Waals surface area contributed by atoms with E-state index in [0.29, 0.717) is 32.0 Å². The summed E-state index contributed by atoms with van der Waals surface area (Å²) in [5.74, 6) is -0.886. The Bertz CT molecular complexity index is 384. The normalized spacial score (nSPS) is 26.1. The van der Waals surface area contributed by atoms with Gasteiger partial charge in [0.15, 0.2) is 0 Å². The van der Waals surface area contributed by atoms with Gasteiger partial charge in [0.1, 0.15) is 5.54 Å². The Morgan fingerprint density at radius 3 is 2.70 bits per heavy atom. The van der Waals surface area contributed by atoms with Crippen molar-refractivity contribution >= 4 is 12.0 Å². The zero-order valence-corrected chi connectivity index (χ0v) is 12.4. The molecule has 6 nitrogen and oxygen atoms in total. The molecule has 0 radical (unpaired) electrons. The predicted molar refractivity (Wildman–Crippen MR) is 75.6 cm³/mol. The molecule has 2 rings (SSSR count). The number of rotatable bonds is 6. The maximum absolute atomic E-state index is 12.2. The highest BCUT2D eigenvalue weighted by molar-refractivity contribution is 5.87. The minimum absolute atomic E-state index is 0.240. The first-order chi connectivity index (χ1) is 9.51. The van der Waals surface area contributed by atoms with Crippen LogP contribution in [-0.2, 0) is 4.79 Å². The Kier molecular flexibility index (Phi) is 4.52. The van der Waals surface area contributed by atoms with Gasteiger partial charge >= 0.3 is 12.0 Å². The molecule has 1 aliphatic carbocycles. The van der Waals surface area contributed by atoms with Gasteiger partial charge in [-0.2, -0.15) is 0 Å². The lowest BCUT2D eigenvalue weighted by Crippen LogP contribution is -2.56. The van der Waals surface area contributed by atoms with Crippen LogP contribution in [0.4, 0.5) is 4.79 Å². The van der Waals surface area contributed by atoms with E-state index in [1.54, 1.807) is 0 Å². The van der Waals surface area contributed by atoms with Crippen molar-refractivity contribution in [1.82, 2.24) is 15.1 Å². The van der Waals surface area contributed by atoms with Gasteiger partial charge in [-0.3, -0.25) is 0 Å². The molecule has 2 N–H and O–H groups in total. The van der Waals surface area contributed by atoms with Crippen LogP contribution < -0.4 is 5.32 Å². The molecule has 2 fully saturated rings. The van der Waals surface area contributed by atoms with E-state index < -0.39 is 11.5 Å². The van der Waals surface area contributed by atoms with Gasteiger partial charge in [0, 0.05) is 25.7 Å². The number of hydrogen-bond donors (Lipinski definition) is 2. The Labute approximate surface area is 120 Å². The van der Waals surface area contributed by atoms with Crippen molar-refractivity contribution in [3.8, 4) is 0 Å². The molecule has 1 atom stereocenters. The summed E-state index contributed by atoms with van der Waals surface area (Å²) >= 11 is 0. The van der Waals surface area contributed by atoms with E-state index in [-0.39, 0.29) is 6.03 Å². The lowest BCUT2D eigenvalue weighted by molar-refractivity contribution is -0.148. The SMILES string of the molecule is CCC1(C(=O)O)CCCN1C(=O)NCCN(C)C1CC1. The number of nitrogens with one attached hydrogen (secondary N) is 1. The van der Waals surface area contributed by atoms with E-state index >= 15 is 0 Å². The van der Waals surface area contributed by atoms with Gasteiger partial charge < -0.3 is 20.2 Å². The molecule has 1 aliphatic heterocycles. The van der Waals surface area contributed by atoms with Crippen LogP contribution in [-0.4, -0.2) is 65.2 Å². The first-order valence-corrected chi connectivity index (χ1v) is 7.50. The number of hydrogen-bond acceptors (Lipinski definition) is 3. The van der Waals surface area contributed by atoms with Crippen LogP contribution in [0.1, 0.15) is 39.0 Å². The molecule has 0 aromatic rings. The summed E-state index contributed by atoms with van der Waals surface area (Å²) < 4.78 is 0. The molecule has 1 unspecified atom stereocenters. The van der Waals surface area contributed by atoms with Crippen molar-refractivity contribution in [2.24, 2.45) is 0 Å². The quantitative estimate of drug-likeness (QED) is 0.766. The van der Waals surface area contributed by atoms with Crippen molar-refractivity contribution in [3.63, 3.8) is 0 Å². The third kappa shape index (κ3) is 2.90. The minimum atomic E-state index is -1.01. The Morgan fingerprint density at radius 2 is 2.15 bits per heavy atom. The second-order valence-corrected chi connectivity index (χ2v) is 5.89. The molecule has 0 bridgehead atoms. The molecule has 0 aromatic heterocycles. The van der Waals surface area contributed by atoms with Gasteiger partial charge in [-0.05, 0) is 39.2 Å².